The first-order valence-corrected chi connectivity index (χ1v) is 9.61. The monoisotopic (exact) mass is 378 g/mol. The predicted octanol–water partition coefficient (Wildman–Crippen LogP) is 2.03. The molecule has 0 radical (unpaired) electrons. The summed E-state index contributed by atoms with van der Waals surface area (Å²) >= 11 is 0. The highest BCUT2D eigenvalue weighted by Crippen LogP contribution is 2.49. The highest BCUT2D eigenvalue weighted by molar-refractivity contribution is 5.91. The molecule has 3 rings (SSSR count). The fraction of sp³-hybridized carbons (Fsp3) is 0.700. The molecule has 3 aliphatic rings. The van der Waals surface area contributed by atoms with E-state index in [1.807, 2.05) is 19.0 Å². The first-order valence-electron chi connectivity index (χ1n) is 9.61. The molecule has 27 heavy (non-hydrogen) atoms. The second-order valence-corrected chi connectivity index (χ2v) is 8.10. The normalized spacial score (nSPS) is 34.8. The van der Waals surface area contributed by atoms with Crippen LogP contribution in [0.5, 0.6) is 0 Å². The molecule has 0 bridgehead atoms. The van der Waals surface area contributed by atoms with Gasteiger partial charge in [-0.3, -0.25) is 0 Å². The van der Waals surface area contributed by atoms with E-state index in [2.05, 4.69) is 24.9 Å². The van der Waals surface area contributed by atoms with Gasteiger partial charge in [-0.1, -0.05) is 12.7 Å². The number of hydrogen-bond acceptors (Lipinski definition) is 6. The molecule has 2 aliphatic heterocycles. The molecule has 7 heteroatoms. The van der Waals surface area contributed by atoms with E-state index in [0.29, 0.717) is 12.1 Å². The first kappa shape index (κ1) is 19.9. The van der Waals surface area contributed by atoms with Gasteiger partial charge in [-0.05, 0) is 52.3 Å². The van der Waals surface area contributed by atoms with Crippen molar-refractivity contribution in [3.8, 4) is 0 Å². The topological polar surface area (TPSA) is 80.4 Å². The van der Waals surface area contributed by atoms with E-state index in [-0.39, 0.29) is 36.3 Å². The summed E-state index contributed by atoms with van der Waals surface area (Å²) in [6.45, 7) is 7.55. The van der Waals surface area contributed by atoms with Crippen molar-refractivity contribution in [3.05, 3.63) is 23.8 Å². The Bertz CT molecular complexity index is 644. The Morgan fingerprint density at radius 2 is 2.26 bits per heavy atom. The number of nitrogens with zero attached hydrogens (tertiary/aromatic N) is 1. The number of amides is 1. The average Bonchev–Trinajstić information content (AvgIpc) is 3.19. The largest absolute Gasteiger partial charge is 0.455 e. The van der Waals surface area contributed by atoms with Gasteiger partial charge in [0.25, 0.3) is 0 Å². The maximum atomic E-state index is 12.0. The van der Waals surface area contributed by atoms with Crippen molar-refractivity contribution in [2.24, 2.45) is 5.92 Å². The van der Waals surface area contributed by atoms with Gasteiger partial charge < -0.3 is 24.4 Å². The van der Waals surface area contributed by atoms with E-state index in [4.69, 9.17) is 14.2 Å². The molecule has 0 aromatic rings. The Balaban J connectivity index is 1.57. The molecule has 1 amide bonds. The van der Waals surface area contributed by atoms with Crippen LogP contribution >= 0.6 is 0 Å². The Labute approximate surface area is 160 Å². The summed E-state index contributed by atoms with van der Waals surface area (Å²) in [6, 6.07) is 0. The third-order valence-electron chi connectivity index (χ3n) is 5.66. The van der Waals surface area contributed by atoms with Crippen molar-refractivity contribution >= 4 is 12.1 Å². The van der Waals surface area contributed by atoms with Crippen molar-refractivity contribution in [1.29, 1.82) is 0 Å². The SMILES string of the molecule is C=C1C(=O)O[C@H]2[C@H]1CC/C(COC(=O)NCCN(C)C)=C\CC[C@@]1(C)O[C@@H]21. The van der Waals surface area contributed by atoms with Crippen molar-refractivity contribution in [3.63, 3.8) is 0 Å². The van der Waals surface area contributed by atoms with Gasteiger partial charge in [0.1, 0.15) is 18.8 Å². The van der Waals surface area contributed by atoms with E-state index in [1.165, 1.54) is 0 Å². The second kappa shape index (κ2) is 8.02. The minimum absolute atomic E-state index is 0.0419. The van der Waals surface area contributed by atoms with E-state index < -0.39 is 6.09 Å². The van der Waals surface area contributed by atoms with Gasteiger partial charge in [0.2, 0.25) is 0 Å². The van der Waals surface area contributed by atoms with Crippen molar-refractivity contribution in [2.75, 3.05) is 33.8 Å². The van der Waals surface area contributed by atoms with Crippen LogP contribution in [0.25, 0.3) is 0 Å². The van der Waals surface area contributed by atoms with Gasteiger partial charge in [0.05, 0.1) is 5.60 Å². The van der Waals surface area contributed by atoms with Gasteiger partial charge >= 0.3 is 12.1 Å². The number of esters is 1. The number of carbonyl (C=O) groups excluding carboxylic acids is 2. The molecule has 2 saturated heterocycles. The minimum Gasteiger partial charge on any atom is -0.455 e. The average molecular weight is 378 g/mol. The minimum atomic E-state index is -0.408. The molecule has 150 valence electrons. The first-order chi connectivity index (χ1) is 12.8. The van der Waals surface area contributed by atoms with Crippen LogP contribution in [0, 0.1) is 5.92 Å². The van der Waals surface area contributed by atoms with Crippen LogP contribution in [0.1, 0.15) is 32.6 Å². The maximum absolute atomic E-state index is 12.0. The van der Waals surface area contributed by atoms with Crippen LogP contribution in [0.2, 0.25) is 0 Å². The number of alkyl carbamates (subject to hydrolysis) is 1. The van der Waals surface area contributed by atoms with Crippen LogP contribution < -0.4 is 5.32 Å². The summed E-state index contributed by atoms with van der Waals surface area (Å²) in [7, 11) is 3.90. The summed E-state index contributed by atoms with van der Waals surface area (Å²) < 4.78 is 16.8. The number of fused-ring (bicyclic) bond motifs is 3. The molecule has 1 N–H and O–H groups in total. The second-order valence-electron chi connectivity index (χ2n) is 8.10. The Kier molecular flexibility index (Phi) is 5.91. The van der Waals surface area contributed by atoms with Crippen LogP contribution in [-0.2, 0) is 19.0 Å². The predicted molar refractivity (Wildman–Crippen MR) is 100 cm³/mol. The Morgan fingerprint density at radius 3 is 3.00 bits per heavy atom. The van der Waals surface area contributed by atoms with Gasteiger partial charge in [0.15, 0.2) is 0 Å². The van der Waals surface area contributed by atoms with Gasteiger partial charge in [-0.25, -0.2) is 9.59 Å². The van der Waals surface area contributed by atoms with E-state index in [9.17, 15) is 9.59 Å². The van der Waals surface area contributed by atoms with Crippen LogP contribution in [-0.4, -0.2) is 68.6 Å². The standard InChI is InChI=1S/C20H30N2O5/c1-13-15-8-7-14(12-25-19(24)21-10-11-22(3)4)6-5-9-20(2)17(27-20)16(15)26-18(13)23/h6,15-17H,1,5,7-12H2,2-4H3,(H,21,24)/b14-6+/t15-,16-,17-,20+/m0/s1. The number of nitrogens with one attached hydrogen (secondary N) is 1. The third-order valence-corrected chi connectivity index (χ3v) is 5.66. The number of ether oxygens (including phenoxy) is 3. The van der Waals surface area contributed by atoms with Crippen LogP contribution in [0.15, 0.2) is 23.8 Å². The molecule has 2 fully saturated rings. The number of allylic oxidation sites excluding steroid dienone is 1. The van der Waals surface area contributed by atoms with Crippen molar-refractivity contribution < 1.29 is 23.8 Å². The lowest BCUT2D eigenvalue weighted by Gasteiger charge is -2.20. The number of carbonyl (C=O) groups is 2. The summed E-state index contributed by atoms with van der Waals surface area (Å²) in [6.07, 6.45) is 4.62. The fourth-order valence-electron chi connectivity index (χ4n) is 3.84. The number of rotatable bonds is 5. The molecule has 0 saturated carbocycles. The fourth-order valence-corrected chi connectivity index (χ4v) is 3.84. The van der Waals surface area contributed by atoms with Crippen LogP contribution in [0.3, 0.4) is 0 Å². The summed E-state index contributed by atoms with van der Waals surface area (Å²) in [5.74, 6) is -0.358. The Morgan fingerprint density at radius 1 is 1.48 bits per heavy atom. The third kappa shape index (κ3) is 4.71. The van der Waals surface area contributed by atoms with Gasteiger partial charge in [-0.2, -0.15) is 0 Å². The smallest absolute Gasteiger partial charge is 0.407 e. The molecular weight excluding hydrogens is 348 g/mol. The zero-order valence-corrected chi connectivity index (χ0v) is 16.5. The Hall–Kier alpha value is -1.86. The van der Waals surface area contributed by atoms with E-state index >= 15 is 0 Å². The van der Waals surface area contributed by atoms with Crippen LogP contribution in [0.4, 0.5) is 4.79 Å². The highest BCUT2D eigenvalue weighted by Gasteiger charge is 2.61. The number of epoxide rings is 1. The summed E-state index contributed by atoms with van der Waals surface area (Å²) in [5, 5.41) is 2.74. The van der Waals surface area contributed by atoms with Crippen molar-refractivity contribution in [2.45, 2.75) is 50.4 Å². The zero-order chi connectivity index (χ0) is 19.6. The van der Waals surface area contributed by atoms with Gasteiger partial charge in [-0.15, -0.1) is 0 Å². The summed E-state index contributed by atoms with van der Waals surface area (Å²) in [4.78, 5) is 25.8. The molecule has 2 heterocycles. The van der Waals surface area contributed by atoms with Crippen molar-refractivity contribution in [1.82, 2.24) is 10.2 Å². The number of hydrogen-bond donors (Lipinski definition) is 1. The zero-order valence-electron chi connectivity index (χ0n) is 16.5. The maximum Gasteiger partial charge on any atom is 0.407 e. The van der Waals surface area contributed by atoms with E-state index in [0.717, 1.165) is 37.8 Å². The van der Waals surface area contributed by atoms with E-state index in [1.54, 1.807) is 0 Å². The number of likely N-dealkylation sites (N-methyl/N-ethyl adjacent to an activating group) is 1. The molecule has 0 aromatic carbocycles. The quantitative estimate of drug-likeness (QED) is 0.341. The lowest BCUT2D eigenvalue weighted by molar-refractivity contribution is -0.140. The molecule has 7 nitrogen and oxygen atoms in total. The highest BCUT2D eigenvalue weighted by atomic mass is 16.6. The molecule has 4 atom stereocenters. The summed E-state index contributed by atoms with van der Waals surface area (Å²) in [5.41, 5.74) is 1.34. The molecular formula is C20H30N2O5. The molecule has 0 spiro atoms. The molecule has 1 aliphatic carbocycles. The lowest BCUT2D eigenvalue weighted by Crippen LogP contribution is -2.32. The molecule has 0 unspecified atom stereocenters. The lowest BCUT2D eigenvalue weighted by atomic mass is 9.84. The molecule has 0 aromatic heterocycles. The van der Waals surface area contributed by atoms with Gasteiger partial charge in [0, 0.05) is 24.6 Å².